The molecule has 0 saturated carbocycles. The molecule has 4 aromatic rings. The SMILES string of the molecule is COc1cn(C(Cc2cc(C)no2)C(=O)Cc2ccc(C(N)=O)c(F)c2)c(=O)cc1-c1cc(Cl)ccc1C#N. The molecule has 198 valence electrons. The van der Waals surface area contributed by atoms with Crippen LogP contribution in [0.2, 0.25) is 5.02 Å². The van der Waals surface area contributed by atoms with Crippen molar-refractivity contribution in [1.82, 2.24) is 9.72 Å². The summed E-state index contributed by atoms with van der Waals surface area (Å²) in [5, 5.41) is 13.8. The second kappa shape index (κ2) is 11.3. The van der Waals surface area contributed by atoms with Gasteiger partial charge in [0.1, 0.15) is 23.4 Å². The van der Waals surface area contributed by atoms with E-state index in [1.807, 2.05) is 0 Å². The average Bonchev–Trinajstić information content (AvgIpc) is 3.31. The number of methoxy groups -OCH3 is 1. The van der Waals surface area contributed by atoms with Gasteiger partial charge in [-0.2, -0.15) is 5.26 Å². The monoisotopic (exact) mass is 548 g/mol. The Bertz CT molecular complexity index is 1690. The van der Waals surface area contributed by atoms with Crippen molar-refractivity contribution >= 4 is 23.3 Å². The number of carbonyl (C=O) groups is 2. The van der Waals surface area contributed by atoms with Gasteiger partial charge < -0.3 is 19.6 Å². The lowest BCUT2D eigenvalue weighted by Gasteiger charge is -2.20. The Morgan fingerprint density at radius 3 is 2.59 bits per heavy atom. The van der Waals surface area contributed by atoms with Gasteiger partial charge in [0.15, 0.2) is 5.78 Å². The van der Waals surface area contributed by atoms with Crippen molar-refractivity contribution in [3.8, 4) is 22.9 Å². The first kappa shape index (κ1) is 27.3. The van der Waals surface area contributed by atoms with E-state index in [2.05, 4.69) is 11.2 Å². The summed E-state index contributed by atoms with van der Waals surface area (Å²) in [6, 6.07) is 12.2. The molecule has 1 atom stereocenters. The van der Waals surface area contributed by atoms with E-state index in [4.69, 9.17) is 26.6 Å². The Morgan fingerprint density at radius 1 is 1.21 bits per heavy atom. The van der Waals surface area contributed by atoms with Gasteiger partial charge in [0.2, 0.25) is 0 Å². The summed E-state index contributed by atoms with van der Waals surface area (Å²) >= 11 is 6.14. The zero-order chi connectivity index (χ0) is 28.3. The second-order valence-corrected chi connectivity index (χ2v) is 9.22. The molecule has 0 spiro atoms. The smallest absolute Gasteiger partial charge is 0.252 e. The van der Waals surface area contributed by atoms with E-state index in [0.29, 0.717) is 27.6 Å². The van der Waals surface area contributed by atoms with Crippen LogP contribution in [0.5, 0.6) is 5.75 Å². The highest BCUT2D eigenvalue weighted by molar-refractivity contribution is 6.31. The molecular weight excluding hydrogens is 527 g/mol. The molecule has 0 saturated heterocycles. The first-order valence-corrected chi connectivity index (χ1v) is 12.0. The summed E-state index contributed by atoms with van der Waals surface area (Å²) < 4.78 is 26.4. The fraction of sp³-hybridized carbons (Fsp3) is 0.179. The summed E-state index contributed by atoms with van der Waals surface area (Å²) in [7, 11) is 1.39. The van der Waals surface area contributed by atoms with Gasteiger partial charge >= 0.3 is 0 Å². The Morgan fingerprint density at radius 2 is 1.97 bits per heavy atom. The van der Waals surface area contributed by atoms with Gasteiger partial charge in [-0.3, -0.25) is 14.4 Å². The topological polar surface area (TPSA) is 141 Å². The third-order valence-corrected chi connectivity index (χ3v) is 6.35. The number of amides is 1. The van der Waals surface area contributed by atoms with Crippen molar-refractivity contribution in [1.29, 1.82) is 5.26 Å². The number of nitrogens with two attached hydrogens (primary N) is 1. The maximum atomic E-state index is 14.3. The van der Waals surface area contributed by atoms with Crippen LogP contribution in [0.3, 0.4) is 0 Å². The first-order chi connectivity index (χ1) is 18.6. The summed E-state index contributed by atoms with van der Waals surface area (Å²) in [4.78, 5) is 38.3. The molecule has 0 aliphatic rings. The Hall–Kier alpha value is -4.75. The lowest BCUT2D eigenvalue weighted by molar-refractivity contribution is -0.121. The number of pyridine rings is 1. The number of hydrogen-bond donors (Lipinski definition) is 1. The lowest BCUT2D eigenvalue weighted by Crippen LogP contribution is -2.32. The number of nitrogens with zero attached hydrogens (tertiary/aromatic N) is 3. The van der Waals surface area contributed by atoms with Crippen molar-refractivity contribution < 1.29 is 23.2 Å². The number of Topliss-reactive ketones (excluding diaryl/α,β-unsaturated/α-hetero) is 1. The third-order valence-electron chi connectivity index (χ3n) is 6.11. The van der Waals surface area contributed by atoms with E-state index in [1.165, 1.54) is 42.1 Å². The third kappa shape index (κ3) is 5.89. The molecule has 0 radical (unpaired) electrons. The standard InChI is InChI=1S/C28H22ClFN4O5/c1-15-7-19(39-33-15)11-24(25(35)9-16-3-6-20(28(32)37)23(30)8-16)34-14-26(38-2)22(12-27(34)36)21-10-18(29)5-4-17(21)13-31/h3-8,10,12,14,24H,9,11H2,1-2H3,(H2,32,37). The number of aromatic nitrogens is 2. The highest BCUT2D eigenvalue weighted by Gasteiger charge is 2.26. The highest BCUT2D eigenvalue weighted by Crippen LogP contribution is 2.33. The molecule has 2 N–H and O–H groups in total. The van der Waals surface area contributed by atoms with Crippen molar-refractivity contribution in [2.24, 2.45) is 5.73 Å². The largest absolute Gasteiger partial charge is 0.495 e. The van der Waals surface area contributed by atoms with Crippen molar-refractivity contribution in [2.45, 2.75) is 25.8 Å². The molecule has 0 aliphatic carbocycles. The molecule has 1 amide bonds. The lowest BCUT2D eigenvalue weighted by atomic mass is 9.97. The number of nitriles is 1. The van der Waals surface area contributed by atoms with Crippen LogP contribution in [0, 0.1) is 24.1 Å². The van der Waals surface area contributed by atoms with Gasteiger partial charge in [-0.25, -0.2) is 4.39 Å². The maximum absolute atomic E-state index is 14.3. The summed E-state index contributed by atoms with van der Waals surface area (Å²) in [5.41, 5.74) is 6.18. The highest BCUT2D eigenvalue weighted by atomic mass is 35.5. The zero-order valence-electron chi connectivity index (χ0n) is 20.9. The number of halogens is 2. The van der Waals surface area contributed by atoms with E-state index < -0.39 is 29.1 Å². The number of carbonyl (C=O) groups excluding carboxylic acids is 2. The first-order valence-electron chi connectivity index (χ1n) is 11.6. The normalized spacial score (nSPS) is 11.6. The van der Waals surface area contributed by atoms with Gasteiger partial charge in [0.25, 0.3) is 11.5 Å². The molecule has 11 heteroatoms. The van der Waals surface area contributed by atoms with Crippen molar-refractivity contribution in [3.63, 3.8) is 0 Å². The molecule has 0 fully saturated rings. The Kier molecular flexibility index (Phi) is 7.93. The summed E-state index contributed by atoms with van der Waals surface area (Å²) in [6.45, 7) is 1.72. The van der Waals surface area contributed by atoms with Crippen LogP contribution in [0.15, 0.2) is 64.0 Å². The summed E-state index contributed by atoms with van der Waals surface area (Å²) in [6.07, 6.45) is 1.10. The minimum atomic E-state index is -1.08. The van der Waals surface area contributed by atoms with E-state index in [9.17, 15) is 24.0 Å². The summed E-state index contributed by atoms with van der Waals surface area (Å²) in [5.74, 6) is -1.64. The number of rotatable bonds is 9. The Labute approximate surface area is 227 Å². The predicted octanol–water partition coefficient (Wildman–Crippen LogP) is 4.18. The molecule has 9 nitrogen and oxygen atoms in total. The maximum Gasteiger partial charge on any atom is 0.252 e. The number of ketones is 1. The van der Waals surface area contributed by atoms with Crippen LogP contribution in [-0.4, -0.2) is 28.5 Å². The molecule has 0 bridgehead atoms. The van der Waals surface area contributed by atoms with Crippen LogP contribution in [0.4, 0.5) is 4.39 Å². The molecular formula is C28H22ClFN4O5. The van der Waals surface area contributed by atoms with E-state index in [-0.39, 0.29) is 35.3 Å². The van der Waals surface area contributed by atoms with E-state index in [0.717, 1.165) is 6.07 Å². The minimum Gasteiger partial charge on any atom is -0.495 e. The van der Waals surface area contributed by atoms with Crippen molar-refractivity contribution in [3.05, 3.63) is 104 Å². The fourth-order valence-electron chi connectivity index (χ4n) is 4.24. The van der Waals surface area contributed by atoms with Gasteiger partial charge in [-0.05, 0) is 42.8 Å². The van der Waals surface area contributed by atoms with Gasteiger partial charge in [-0.15, -0.1) is 0 Å². The molecule has 4 rings (SSSR count). The van der Waals surface area contributed by atoms with Gasteiger partial charge in [0.05, 0.1) is 36.2 Å². The predicted molar refractivity (Wildman–Crippen MR) is 140 cm³/mol. The van der Waals surface area contributed by atoms with Gasteiger partial charge in [0, 0.05) is 41.1 Å². The Balaban J connectivity index is 1.79. The molecule has 2 aromatic heterocycles. The van der Waals surface area contributed by atoms with Crippen LogP contribution in [0.25, 0.3) is 11.1 Å². The quantitative estimate of drug-likeness (QED) is 0.330. The van der Waals surface area contributed by atoms with Crippen LogP contribution in [-0.2, 0) is 17.6 Å². The fourth-order valence-corrected chi connectivity index (χ4v) is 4.41. The number of benzene rings is 2. The minimum absolute atomic E-state index is 0.0233. The molecule has 2 aromatic carbocycles. The molecule has 39 heavy (non-hydrogen) atoms. The number of primary amides is 1. The molecule has 0 aliphatic heterocycles. The number of ether oxygens (including phenoxy) is 1. The van der Waals surface area contributed by atoms with Crippen LogP contribution >= 0.6 is 11.6 Å². The van der Waals surface area contributed by atoms with Crippen LogP contribution < -0.4 is 16.0 Å². The average molecular weight is 549 g/mol. The number of hydrogen-bond acceptors (Lipinski definition) is 7. The number of aryl methyl sites for hydroxylation is 1. The van der Waals surface area contributed by atoms with Gasteiger partial charge in [-0.1, -0.05) is 22.8 Å². The van der Waals surface area contributed by atoms with Crippen molar-refractivity contribution in [2.75, 3.05) is 7.11 Å². The van der Waals surface area contributed by atoms with E-state index >= 15 is 0 Å². The van der Waals surface area contributed by atoms with Crippen LogP contribution in [0.1, 0.15) is 39.0 Å². The zero-order valence-corrected chi connectivity index (χ0v) is 21.7. The second-order valence-electron chi connectivity index (χ2n) is 8.78. The molecule has 2 heterocycles. The molecule has 1 unspecified atom stereocenters. The van der Waals surface area contributed by atoms with E-state index in [1.54, 1.807) is 25.1 Å².